The van der Waals surface area contributed by atoms with E-state index < -0.39 is 21.2 Å². The van der Waals surface area contributed by atoms with E-state index in [9.17, 15) is 13.2 Å². The van der Waals surface area contributed by atoms with Crippen LogP contribution in [0.3, 0.4) is 0 Å². The normalized spacial score (nSPS) is 17.0. The lowest BCUT2D eigenvalue weighted by molar-refractivity contribution is -0.129. The quantitative estimate of drug-likeness (QED) is 0.373. The van der Waals surface area contributed by atoms with Crippen LogP contribution in [0.1, 0.15) is 89.3 Å². The molecule has 0 unspecified atom stereocenters. The molecular weight excluding hydrogens is 384 g/mol. The molecule has 1 saturated carbocycles. The second-order valence-electron chi connectivity index (χ2n) is 7.83. The van der Waals surface area contributed by atoms with Crippen molar-refractivity contribution in [2.24, 2.45) is 5.92 Å². The summed E-state index contributed by atoms with van der Waals surface area (Å²) in [4.78, 5) is 15.9. The van der Waals surface area contributed by atoms with Crippen molar-refractivity contribution < 1.29 is 22.9 Å². The Hall–Kier alpha value is -1.52. The number of amides is 1. The molecule has 1 heterocycles. The average Bonchev–Trinajstić information content (AvgIpc) is 3.15. The van der Waals surface area contributed by atoms with E-state index in [0.717, 1.165) is 18.8 Å². The second-order valence-corrected chi connectivity index (χ2v) is 10.2. The summed E-state index contributed by atoms with van der Waals surface area (Å²) in [6, 6.07) is 0. The van der Waals surface area contributed by atoms with Crippen molar-refractivity contribution in [2.45, 2.75) is 89.3 Å². The number of nitrogens with one attached hydrogen (secondary N) is 2. The molecule has 1 aliphatic rings. The molecule has 0 aliphatic heterocycles. The molecule has 2 rings (SSSR count). The van der Waals surface area contributed by atoms with Crippen LogP contribution in [0.4, 0.5) is 0 Å². The topological polar surface area (TPSA) is 134 Å². The summed E-state index contributed by atoms with van der Waals surface area (Å²) < 4.78 is 31.4. The Bertz CT molecular complexity index is 713. The van der Waals surface area contributed by atoms with Crippen molar-refractivity contribution >= 4 is 15.9 Å². The Morgan fingerprint density at radius 3 is 2.64 bits per heavy atom. The minimum absolute atomic E-state index is 0.0422. The molecule has 1 atom stereocenters. The molecule has 0 spiro atoms. The molecule has 1 aromatic heterocycles. The van der Waals surface area contributed by atoms with E-state index in [2.05, 4.69) is 14.9 Å². The van der Waals surface area contributed by atoms with Gasteiger partial charge in [0.2, 0.25) is 21.8 Å². The number of hydrogen-bond donors (Lipinski definition) is 3. The van der Waals surface area contributed by atoms with E-state index in [4.69, 9.17) is 9.73 Å². The maximum absolute atomic E-state index is 11.8. The molecule has 1 aliphatic carbocycles. The first kappa shape index (κ1) is 22.8. The molecule has 1 aromatic rings. The van der Waals surface area contributed by atoms with Gasteiger partial charge in [-0.2, -0.15) is 4.98 Å². The average molecular weight is 417 g/mol. The van der Waals surface area contributed by atoms with Crippen molar-refractivity contribution in [3.05, 3.63) is 11.7 Å². The molecule has 9 nitrogen and oxygen atoms in total. The predicted octanol–water partition coefficient (Wildman–Crippen LogP) is 2.63. The number of carbonyl (C=O) groups excluding carboxylic acids is 1. The van der Waals surface area contributed by atoms with E-state index in [0.29, 0.717) is 12.3 Å². The number of rotatable bonds is 11. The fraction of sp³-hybridized carbons (Fsp3) is 0.833. The van der Waals surface area contributed by atoms with Gasteiger partial charge in [0, 0.05) is 12.3 Å². The summed E-state index contributed by atoms with van der Waals surface area (Å²) in [6.07, 6.45) is 9.22. The van der Waals surface area contributed by atoms with Crippen molar-refractivity contribution in [1.82, 2.24) is 20.3 Å². The van der Waals surface area contributed by atoms with Crippen molar-refractivity contribution in [3.8, 4) is 0 Å². The molecule has 0 bridgehead atoms. The van der Waals surface area contributed by atoms with Crippen LogP contribution in [0, 0.1) is 5.92 Å². The third-order valence-electron chi connectivity index (χ3n) is 5.33. The van der Waals surface area contributed by atoms with E-state index in [1.165, 1.54) is 32.1 Å². The standard InChI is InChI=1S/C18H32N4O5S/c1-13(2)28(25,26)19-12-16-20-18(27-22-16)15(11-17(23)21-24)10-6-9-14-7-4-3-5-8-14/h13-15,19,24H,3-12H2,1-2H3,(H,21,23)/t15-/m0/s1. The first-order valence-electron chi connectivity index (χ1n) is 10.1. The zero-order valence-electron chi connectivity index (χ0n) is 16.7. The third-order valence-corrected chi connectivity index (χ3v) is 7.12. The Kier molecular flexibility index (Phi) is 8.84. The number of hydrogen-bond acceptors (Lipinski definition) is 7. The fourth-order valence-corrected chi connectivity index (χ4v) is 4.21. The molecule has 1 fully saturated rings. The van der Waals surface area contributed by atoms with Gasteiger partial charge < -0.3 is 4.52 Å². The highest BCUT2D eigenvalue weighted by Crippen LogP contribution is 2.31. The van der Waals surface area contributed by atoms with Crippen LogP contribution in [-0.4, -0.2) is 34.9 Å². The van der Waals surface area contributed by atoms with E-state index >= 15 is 0 Å². The largest absolute Gasteiger partial charge is 0.339 e. The van der Waals surface area contributed by atoms with Crippen molar-refractivity contribution in [3.63, 3.8) is 0 Å². The summed E-state index contributed by atoms with van der Waals surface area (Å²) in [7, 11) is -3.43. The summed E-state index contributed by atoms with van der Waals surface area (Å²) in [5.41, 5.74) is 1.65. The highest BCUT2D eigenvalue weighted by molar-refractivity contribution is 7.90. The van der Waals surface area contributed by atoms with E-state index in [1.54, 1.807) is 19.3 Å². The number of sulfonamides is 1. The molecule has 0 saturated heterocycles. The highest BCUT2D eigenvalue weighted by Gasteiger charge is 2.24. The van der Waals surface area contributed by atoms with Gasteiger partial charge in [-0.1, -0.05) is 50.1 Å². The Balaban J connectivity index is 1.94. The molecule has 1 amide bonds. The summed E-state index contributed by atoms with van der Waals surface area (Å²) in [5, 5.41) is 12.1. The molecular formula is C18H32N4O5S. The third kappa shape index (κ3) is 7.14. The molecule has 0 radical (unpaired) electrons. The Labute approximate surface area is 166 Å². The van der Waals surface area contributed by atoms with Gasteiger partial charge >= 0.3 is 0 Å². The van der Waals surface area contributed by atoms with Gasteiger partial charge in [0.05, 0.1) is 11.8 Å². The van der Waals surface area contributed by atoms with Crippen molar-refractivity contribution in [2.75, 3.05) is 0 Å². The van der Waals surface area contributed by atoms with Gasteiger partial charge in [0.25, 0.3) is 0 Å². The SMILES string of the molecule is CC(C)S(=O)(=O)NCc1noc([C@@H](CCCC2CCCCC2)CC(=O)NO)n1. The van der Waals surface area contributed by atoms with Gasteiger partial charge in [-0.15, -0.1) is 0 Å². The minimum Gasteiger partial charge on any atom is -0.339 e. The summed E-state index contributed by atoms with van der Waals surface area (Å²) in [6.45, 7) is 3.10. The lowest BCUT2D eigenvalue weighted by Crippen LogP contribution is -2.30. The maximum atomic E-state index is 11.8. The fourth-order valence-electron chi connectivity index (χ4n) is 3.55. The summed E-state index contributed by atoms with van der Waals surface area (Å²) in [5.74, 6) is 0.443. The zero-order valence-corrected chi connectivity index (χ0v) is 17.5. The van der Waals surface area contributed by atoms with Gasteiger partial charge in [0.15, 0.2) is 5.82 Å². The van der Waals surface area contributed by atoms with Crippen LogP contribution < -0.4 is 10.2 Å². The van der Waals surface area contributed by atoms with Crippen LogP contribution in [0.5, 0.6) is 0 Å². The summed E-state index contributed by atoms with van der Waals surface area (Å²) >= 11 is 0. The van der Waals surface area contributed by atoms with Gasteiger partial charge in [-0.25, -0.2) is 18.6 Å². The maximum Gasteiger partial charge on any atom is 0.244 e. The molecule has 28 heavy (non-hydrogen) atoms. The first-order valence-corrected chi connectivity index (χ1v) is 11.6. The molecule has 10 heteroatoms. The monoisotopic (exact) mass is 416 g/mol. The van der Waals surface area contributed by atoms with Crippen molar-refractivity contribution in [1.29, 1.82) is 0 Å². The Morgan fingerprint density at radius 2 is 2.00 bits per heavy atom. The van der Waals surface area contributed by atoms with Gasteiger partial charge in [-0.3, -0.25) is 10.0 Å². The highest BCUT2D eigenvalue weighted by atomic mass is 32.2. The van der Waals surface area contributed by atoms with Gasteiger partial charge in [0.1, 0.15) is 0 Å². The minimum atomic E-state index is -3.43. The van der Waals surface area contributed by atoms with Crippen LogP contribution in [0.25, 0.3) is 0 Å². The second kappa shape index (κ2) is 10.9. The number of carbonyl (C=O) groups is 1. The molecule has 0 aromatic carbocycles. The van der Waals surface area contributed by atoms with Crippen LogP contribution in [0.2, 0.25) is 0 Å². The molecule has 3 N–H and O–H groups in total. The van der Waals surface area contributed by atoms with Crippen LogP contribution in [-0.2, 0) is 21.4 Å². The number of aromatic nitrogens is 2. The predicted molar refractivity (Wildman–Crippen MR) is 103 cm³/mol. The first-order chi connectivity index (χ1) is 13.3. The number of hydroxylamine groups is 1. The molecule has 160 valence electrons. The van der Waals surface area contributed by atoms with Gasteiger partial charge in [-0.05, 0) is 26.2 Å². The Morgan fingerprint density at radius 1 is 1.29 bits per heavy atom. The number of nitrogens with zero attached hydrogens (tertiary/aromatic N) is 2. The van der Waals surface area contributed by atoms with E-state index in [1.807, 2.05) is 0 Å². The zero-order chi connectivity index (χ0) is 20.6. The van der Waals surface area contributed by atoms with Crippen LogP contribution in [0.15, 0.2) is 4.52 Å². The van der Waals surface area contributed by atoms with Crippen LogP contribution >= 0.6 is 0 Å². The lowest BCUT2D eigenvalue weighted by Gasteiger charge is -2.22. The van der Waals surface area contributed by atoms with E-state index in [-0.39, 0.29) is 24.7 Å². The lowest BCUT2D eigenvalue weighted by atomic mass is 9.84. The smallest absolute Gasteiger partial charge is 0.244 e.